The molecule has 0 saturated carbocycles. The number of nitrogens with zero attached hydrogens (tertiary/aromatic N) is 3. The Hall–Kier alpha value is -0.690. The van der Waals surface area contributed by atoms with E-state index in [1.54, 1.807) is 0 Å². The zero-order valence-corrected chi connectivity index (χ0v) is 5.84. The van der Waals surface area contributed by atoms with E-state index in [4.69, 9.17) is 29.2 Å². The SMILES string of the molecule is C=N[N+](N)(N)O[N+](N)(N)NN. The van der Waals surface area contributed by atoms with Gasteiger partial charge in [0.25, 0.3) is 0 Å². The summed E-state index contributed by atoms with van der Waals surface area (Å²) in [6.07, 6.45) is 0. The third-order valence-electron chi connectivity index (χ3n) is 0.689. The molecule has 0 spiro atoms. The molecule has 10 heteroatoms. The molecule has 0 aliphatic carbocycles. The van der Waals surface area contributed by atoms with Crippen molar-refractivity contribution in [1.82, 2.24) is 5.53 Å². The second-order valence-electron chi connectivity index (χ2n) is 1.73. The first kappa shape index (κ1) is 10.3. The number of rotatable bonds is 4. The Balaban J connectivity index is 4.12. The van der Waals surface area contributed by atoms with Gasteiger partial charge in [-0.15, -0.1) is 11.7 Å². The van der Waals surface area contributed by atoms with E-state index in [2.05, 4.69) is 16.8 Å². The summed E-state index contributed by atoms with van der Waals surface area (Å²) in [7, 11) is 0. The number of nitrogens with two attached hydrogens (primary N) is 5. The van der Waals surface area contributed by atoms with Crippen LogP contribution in [0, 0.1) is 0 Å². The van der Waals surface area contributed by atoms with Gasteiger partial charge in [-0.3, -0.25) is 0 Å². The van der Waals surface area contributed by atoms with Gasteiger partial charge in [-0.05, 0) is 10.6 Å². The lowest BCUT2D eigenvalue weighted by Crippen LogP contribution is -2.77. The molecule has 0 amide bonds. The number of hydrogen-bond acceptors (Lipinski definition) is 8. The highest BCUT2D eigenvalue weighted by atomic mass is 17.0. The molecule has 0 saturated heterocycles. The molecule has 0 aromatic heterocycles. The third kappa shape index (κ3) is 3.89. The molecule has 0 atom stereocenters. The number of hydrogen-bond donors (Lipinski definition) is 6. The largest absolute Gasteiger partial charge is 0.219 e. The average Bonchev–Trinajstić information content (AvgIpc) is 1.86. The van der Waals surface area contributed by atoms with E-state index in [9.17, 15) is 0 Å². The van der Waals surface area contributed by atoms with Gasteiger partial charge in [0, 0.05) is 0 Å². The standard InChI is InChI=1S/CH13N9O/c1-7-9(3,4)11-10(5,6)8-2/h8H,1-6H2/q+2. The fourth-order valence-corrected chi connectivity index (χ4v) is 0.266. The van der Waals surface area contributed by atoms with Crippen molar-refractivity contribution in [3.63, 3.8) is 0 Å². The van der Waals surface area contributed by atoms with Gasteiger partial charge in [-0.25, -0.2) is 5.84 Å². The summed E-state index contributed by atoms with van der Waals surface area (Å²) in [4.78, 5) is 1.93. The summed E-state index contributed by atoms with van der Waals surface area (Å²) < 4.78 is 0. The molecule has 0 aliphatic heterocycles. The fraction of sp³-hybridized carbons (Fsp3) is 0. The summed E-state index contributed by atoms with van der Waals surface area (Å²) in [5.74, 6) is 25.1. The molecular formula is CH13N9O+2. The third-order valence-corrected chi connectivity index (χ3v) is 0.689. The lowest BCUT2D eigenvalue weighted by molar-refractivity contribution is -1.38. The van der Waals surface area contributed by atoms with Crippen LogP contribution in [0.1, 0.15) is 0 Å². The van der Waals surface area contributed by atoms with Gasteiger partial charge in [0.05, 0.1) is 6.72 Å². The lowest BCUT2D eigenvalue weighted by atomic mass is 11.7. The Labute approximate surface area is 62.6 Å². The van der Waals surface area contributed by atoms with Crippen LogP contribution in [0.15, 0.2) is 5.10 Å². The van der Waals surface area contributed by atoms with Crippen LogP contribution in [0.4, 0.5) is 0 Å². The van der Waals surface area contributed by atoms with Crippen LogP contribution in [-0.4, -0.2) is 16.7 Å². The van der Waals surface area contributed by atoms with Gasteiger partial charge in [0.1, 0.15) is 14.9 Å². The highest BCUT2D eigenvalue weighted by Crippen LogP contribution is 1.92. The van der Waals surface area contributed by atoms with Crippen LogP contribution in [-0.2, 0) is 4.94 Å². The first-order chi connectivity index (χ1) is 4.83. The van der Waals surface area contributed by atoms with E-state index in [0.717, 1.165) is 0 Å². The Morgan fingerprint density at radius 3 is 2.00 bits per heavy atom. The highest BCUT2D eigenvalue weighted by Gasteiger charge is 2.35. The molecule has 10 nitrogen and oxygen atoms in total. The minimum Gasteiger partial charge on any atom is -0.219 e. The van der Waals surface area contributed by atoms with Crippen molar-refractivity contribution in [2.75, 3.05) is 0 Å². The molecule has 0 heterocycles. The smallest absolute Gasteiger partial charge is 0.144 e. The zero-order valence-electron chi connectivity index (χ0n) is 5.84. The number of quaternary nitrogens is 2. The summed E-state index contributed by atoms with van der Waals surface area (Å²) in [5.41, 5.74) is 1.84. The topological polar surface area (TPSA) is 164 Å². The van der Waals surface area contributed by atoms with Crippen LogP contribution in [0.2, 0.25) is 0 Å². The van der Waals surface area contributed by atoms with Gasteiger partial charge < -0.3 is 0 Å². The molecule has 0 unspecified atom stereocenters. The van der Waals surface area contributed by atoms with Crippen LogP contribution >= 0.6 is 0 Å². The van der Waals surface area contributed by atoms with Crippen LogP contribution < -0.4 is 34.7 Å². The van der Waals surface area contributed by atoms with E-state index in [1.165, 1.54) is 0 Å². The first-order valence-corrected chi connectivity index (χ1v) is 2.43. The van der Waals surface area contributed by atoms with E-state index < -0.39 is 9.95 Å². The van der Waals surface area contributed by atoms with E-state index in [-0.39, 0.29) is 0 Å². The number of nitrogens with one attached hydrogen (secondary N) is 1. The Morgan fingerprint density at radius 2 is 1.73 bits per heavy atom. The van der Waals surface area contributed by atoms with Gasteiger partial charge in [0.2, 0.25) is 0 Å². The highest BCUT2D eigenvalue weighted by molar-refractivity contribution is 5.21. The lowest BCUT2D eigenvalue weighted by Gasteiger charge is -2.22. The molecule has 11 N–H and O–H groups in total. The van der Waals surface area contributed by atoms with Crippen molar-refractivity contribution >= 4 is 6.72 Å². The predicted octanol–water partition coefficient (Wildman–Crippen LogP) is -4.04. The summed E-state index contributed by atoms with van der Waals surface area (Å²) in [6, 6.07) is 0. The minimum absolute atomic E-state index is 1.24. The Morgan fingerprint density at radius 1 is 1.27 bits per heavy atom. The van der Waals surface area contributed by atoms with E-state index in [1.807, 2.05) is 5.53 Å². The number of hydrazine groups is 1. The molecule has 0 rings (SSSR count). The Kier molecular flexibility index (Phi) is 2.94. The van der Waals surface area contributed by atoms with Crippen LogP contribution in [0.3, 0.4) is 0 Å². The maximum Gasteiger partial charge on any atom is 0.144 e. The quantitative estimate of drug-likeness (QED) is 0.107. The van der Waals surface area contributed by atoms with Crippen molar-refractivity contribution in [3.05, 3.63) is 0 Å². The molecule has 0 aromatic rings. The molecule has 11 heavy (non-hydrogen) atoms. The average molecular weight is 167 g/mol. The fourth-order valence-electron chi connectivity index (χ4n) is 0.266. The molecular weight excluding hydrogens is 154 g/mol. The van der Waals surface area contributed by atoms with Crippen molar-refractivity contribution in [2.24, 2.45) is 34.3 Å². The first-order valence-electron chi connectivity index (χ1n) is 2.43. The van der Waals surface area contributed by atoms with Gasteiger partial charge in [-0.1, -0.05) is 11.7 Å². The minimum atomic E-state index is -1.27. The van der Waals surface area contributed by atoms with Crippen LogP contribution in [0.25, 0.3) is 0 Å². The molecule has 0 aromatic carbocycles. The van der Waals surface area contributed by atoms with Crippen LogP contribution in [0.5, 0.6) is 0 Å². The summed E-state index contributed by atoms with van der Waals surface area (Å²) in [5, 5.41) is 3.10. The van der Waals surface area contributed by atoms with E-state index in [0.29, 0.717) is 0 Å². The van der Waals surface area contributed by atoms with Crippen molar-refractivity contribution in [3.8, 4) is 0 Å². The summed E-state index contributed by atoms with van der Waals surface area (Å²) >= 11 is 0. The van der Waals surface area contributed by atoms with Crippen molar-refractivity contribution < 1.29 is 14.9 Å². The molecule has 0 fully saturated rings. The van der Waals surface area contributed by atoms with Crippen molar-refractivity contribution in [2.45, 2.75) is 0 Å². The normalized spacial score (nSPS) is 13.2. The van der Waals surface area contributed by atoms with Crippen molar-refractivity contribution in [1.29, 1.82) is 0 Å². The second-order valence-corrected chi connectivity index (χ2v) is 1.73. The molecule has 0 radical (unpaired) electrons. The molecule has 0 bridgehead atoms. The van der Waals surface area contributed by atoms with Gasteiger partial charge in [-0.2, -0.15) is 0 Å². The zero-order chi connectivity index (χ0) is 9.12. The van der Waals surface area contributed by atoms with E-state index >= 15 is 0 Å². The monoisotopic (exact) mass is 167 g/mol. The maximum absolute atomic E-state index is 5.07. The van der Waals surface area contributed by atoms with Gasteiger partial charge in [0.15, 0.2) is 0 Å². The second kappa shape index (κ2) is 3.14. The maximum atomic E-state index is 5.07. The Bertz CT molecular complexity index is 138. The molecule has 0 aliphatic rings. The van der Waals surface area contributed by atoms with Gasteiger partial charge >= 0.3 is 0 Å². The molecule has 66 valence electrons. The summed E-state index contributed by atoms with van der Waals surface area (Å²) in [6.45, 7) is 3.01. The predicted molar refractivity (Wildman–Crippen MR) is 35.2 cm³/mol.